The van der Waals surface area contributed by atoms with E-state index in [4.69, 9.17) is 4.74 Å². The van der Waals surface area contributed by atoms with E-state index in [1.807, 2.05) is 18.2 Å². The molecule has 0 saturated heterocycles. The van der Waals surface area contributed by atoms with Crippen molar-refractivity contribution in [3.8, 4) is 5.75 Å². The highest BCUT2D eigenvalue weighted by Gasteiger charge is 2.08. The first-order valence-corrected chi connectivity index (χ1v) is 8.40. The van der Waals surface area contributed by atoms with E-state index in [0.717, 1.165) is 15.9 Å². The minimum Gasteiger partial charge on any atom is -0.497 e. The third-order valence-electron chi connectivity index (χ3n) is 3.16. The van der Waals surface area contributed by atoms with E-state index in [2.05, 4.69) is 58.7 Å². The van der Waals surface area contributed by atoms with Crippen LogP contribution in [0.1, 0.15) is 18.5 Å². The zero-order valence-electron chi connectivity index (χ0n) is 11.8. The van der Waals surface area contributed by atoms with Crippen LogP contribution in [0.4, 0.5) is 5.69 Å². The fourth-order valence-electron chi connectivity index (χ4n) is 1.95. The van der Waals surface area contributed by atoms with Crippen molar-refractivity contribution in [3.63, 3.8) is 0 Å². The van der Waals surface area contributed by atoms with Gasteiger partial charge in [-0.3, -0.25) is 0 Å². The number of benzene rings is 2. The van der Waals surface area contributed by atoms with E-state index in [1.54, 1.807) is 18.9 Å². The van der Waals surface area contributed by atoms with Crippen molar-refractivity contribution in [2.75, 3.05) is 18.7 Å². The predicted molar refractivity (Wildman–Crippen MR) is 91.0 cm³/mol. The number of thioether (sulfide) groups is 1. The highest BCUT2D eigenvalue weighted by atomic mass is 79.9. The Morgan fingerprint density at radius 1 is 1.15 bits per heavy atom. The van der Waals surface area contributed by atoms with Gasteiger partial charge in [-0.25, -0.2) is 0 Å². The normalized spacial score (nSPS) is 12.0. The van der Waals surface area contributed by atoms with Crippen molar-refractivity contribution < 1.29 is 4.74 Å². The predicted octanol–water partition coefficient (Wildman–Crippen LogP) is 5.35. The fourth-order valence-corrected chi connectivity index (χ4v) is 2.72. The summed E-state index contributed by atoms with van der Waals surface area (Å²) in [6, 6.07) is 14.8. The molecule has 4 heteroatoms. The zero-order valence-corrected chi connectivity index (χ0v) is 14.2. The number of nitrogens with one attached hydrogen (secondary N) is 1. The van der Waals surface area contributed by atoms with Crippen molar-refractivity contribution in [3.05, 3.63) is 52.5 Å². The SMILES string of the molecule is COc1ccc(Br)c(NC(C)c2ccc(SC)cc2)c1. The number of halogens is 1. The topological polar surface area (TPSA) is 21.3 Å². The summed E-state index contributed by atoms with van der Waals surface area (Å²) < 4.78 is 6.30. The summed E-state index contributed by atoms with van der Waals surface area (Å²) >= 11 is 5.32. The minimum absolute atomic E-state index is 0.231. The summed E-state index contributed by atoms with van der Waals surface area (Å²) in [4.78, 5) is 1.28. The van der Waals surface area contributed by atoms with Gasteiger partial charge in [0.2, 0.25) is 0 Å². The molecule has 2 rings (SSSR count). The largest absolute Gasteiger partial charge is 0.497 e. The maximum Gasteiger partial charge on any atom is 0.121 e. The molecule has 0 aliphatic carbocycles. The molecule has 0 fully saturated rings. The molecule has 0 aliphatic heterocycles. The Hall–Kier alpha value is -1.13. The second kappa shape index (κ2) is 7.04. The van der Waals surface area contributed by atoms with Crippen molar-refractivity contribution in [1.82, 2.24) is 0 Å². The Balaban J connectivity index is 2.15. The minimum atomic E-state index is 0.231. The Kier molecular flexibility index (Phi) is 5.38. The van der Waals surface area contributed by atoms with Crippen molar-refractivity contribution in [2.45, 2.75) is 17.9 Å². The summed E-state index contributed by atoms with van der Waals surface area (Å²) in [7, 11) is 1.68. The summed E-state index contributed by atoms with van der Waals surface area (Å²) in [6.07, 6.45) is 2.09. The fraction of sp³-hybridized carbons (Fsp3) is 0.250. The van der Waals surface area contributed by atoms with Gasteiger partial charge in [0.05, 0.1) is 12.8 Å². The summed E-state index contributed by atoms with van der Waals surface area (Å²) in [5.74, 6) is 0.848. The Bertz CT molecular complexity index is 571. The number of hydrogen-bond donors (Lipinski definition) is 1. The van der Waals surface area contributed by atoms with Crippen LogP contribution >= 0.6 is 27.7 Å². The molecule has 0 saturated carbocycles. The lowest BCUT2D eigenvalue weighted by molar-refractivity contribution is 0.415. The van der Waals surface area contributed by atoms with Gasteiger partial charge < -0.3 is 10.1 Å². The van der Waals surface area contributed by atoms with Crippen LogP contribution in [-0.4, -0.2) is 13.4 Å². The number of ether oxygens (including phenoxy) is 1. The van der Waals surface area contributed by atoms with Crippen LogP contribution in [0, 0.1) is 0 Å². The van der Waals surface area contributed by atoms with E-state index in [-0.39, 0.29) is 6.04 Å². The molecule has 0 radical (unpaired) electrons. The first-order valence-electron chi connectivity index (χ1n) is 6.38. The molecule has 0 bridgehead atoms. The van der Waals surface area contributed by atoms with Gasteiger partial charge in [0.15, 0.2) is 0 Å². The maximum atomic E-state index is 5.26. The van der Waals surface area contributed by atoms with Crippen LogP contribution in [-0.2, 0) is 0 Å². The molecule has 0 aromatic heterocycles. The van der Waals surface area contributed by atoms with Gasteiger partial charge in [-0.1, -0.05) is 12.1 Å². The molecular formula is C16H18BrNOS. The average molecular weight is 352 g/mol. The second-order valence-corrected chi connectivity index (χ2v) is 6.22. The Labute approximate surface area is 133 Å². The third kappa shape index (κ3) is 3.70. The lowest BCUT2D eigenvalue weighted by Gasteiger charge is -2.18. The third-order valence-corrected chi connectivity index (χ3v) is 4.60. The Morgan fingerprint density at radius 3 is 2.45 bits per heavy atom. The maximum absolute atomic E-state index is 5.26. The summed E-state index contributed by atoms with van der Waals surface area (Å²) in [5, 5.41) is 3.50. The molecule has 0 heterocycles. The van der Waals surface area contributed by atoms with Gasteiger partial charge in [0.25, 0.3) is 0 Å². The smallest absolute Gasteiger partial charge is 0.121 e. The number of anilines is 1. The van der Waals surface area contributed by atoms with Crippen LogP contribution in [0.2, 0.25) is 0 Å². The lowest BCUT2D eigenvalue weighted by atomic mass is 10.1. The molecule has 20 heavy (non-hydrogen) atoms. The van der Waals surface area contributed by atoms with Crippen LogP contribution in [0.5, 0.6) is 5.75 Å². The molecule has 2 aromatic rings. The van der Waals surface area contributed by atoms with Crippen molar-refractivity contribution in [1.29, 1.82) is 0 Å². The van der Waals surface area contributed by atoms with E-state index in [0.29, 0.717) is 0 Å². The summed E-state index contributed by atoms with van der Waals surface area (Å²) in [6.45, 7) is 2.15. The van der Waals surface area contributed by atoms with Crippen LogP contribution in [0.3, 0.4) is 0 Å². The molecule has 0 aliphatic rings. The summed E-state index contributed by atoms with van der Waals surface area (Å²) in [5.41, 5.74) is 2.29. The van der Waals surface area contributed by atoms with E-state index in [9.17, 15) is 0 Å². The lowest BCUT2D eigenvalue weighted by Crippen LogP contribution is -2.07. The number of rotatable bonds is 5. The molecule has 0 spiro atoms. The van der Waals surface area contributed by atoms with E-state index in [1.165, 1.54) is 10.5 Å². The van der Waals surface area contributed by atoms with Gasteiger partial charge in [-0.2, -0.15) is 0 Å². The highest BCUT2D eigenvalue weighted by Crippen LogP contribution is 2.30. The van der Waals surface area contributed by atoms with Gasteiger partial charge in [0, 0.05) is 21.5 Å². The van der Waals surface area contributed by atoms with Gasteiger partial charge in [0.1, 0.15) is 5.75 Å². The highest BCUT2D eigenvalue weighted by molar-refractivity contribution is 9.10. The van der Waals surface area contributed by atoms with E-state index < -0.39 is 0 Å². The molecule has 2 aromatic carbocycles. The van der Waals surface area contributed by atoms with E-state index >= 15 is 0 Å². The molecule has 1 unspecified atom stereocenters. The quantitative estimate of drug-likeness (QED) is 0.733. The molecule has 1 N–H and O–H groups in total. The molecule has 0 amide bonds. The molecule has 2 nitrogen and oxygen atoms in total. The first-order chi connectivity index (χ1) is 9.63. The Morgan fingerprint density at radius 2 is 1.85 bits per heavy atom. The molecule has 1 atom stereocenters. The van der Waals surface area contributed by atoms with Crippen LogP contribution in [0.15, 0.2) is 51.8 Å². The standard InChI is InChI=1S/C16H18BrNOS/c1-11(12-4-7-14(20-3)8-5-12)18-16-10-13(19-2)6-9-15(16)17/h4-11,18H,1-3H3. The zero-order chi connectivity index (χ0) is 14.5. The molecular weight excluding hydrogens is 334 g/mol. The average Bonchev–Trinajstić information content (AvgIpc) is 2.49. The van der Waals surface area contributed by atoms with Gasteiger partial charge in [-0.15, -0.1) is 11.8 Å². The van der Waals surface area contributed by atoms with Crippen LogP contribution < -0.4 is 10.1 Å². The monoisotopic (exact) mass is 351 g/mol. The van der Waals surface area contributed by atoms with Crippen molar-refractivity contribution >= 4 is 33.4 Å². The second-order valence-electron chi connectivity index (χ2n) is 4.48. The van der Waals surface area contributed by atoms with Gasteiger partial charge in [-0.05, 0) is 58.9 Å². The molecule has 106 valence electrons. The number of hydrogen-bond acceptors (Lipinski definition) is 3. The van der Waals surface area contributed by atoms with Crippen LogP contribution in [0.25, 0.3) is 0 Å². The van der Waals surface area contributed by atoms with Crippen molar-refractivity contribution in [2.24, 2.45) is 0 Å². The number of methoxy groups -OCH3 is 1. The first kappa shape index (κ1) is 15.3. The van der Waals surface area contributed by atoms with Gasteiger partial charge >= 0.3 is 0 Å².